The molecule has 1 aromatic carbocycles. The van der Waals surface area contributed by atoms with Crippen molar-refractivity contribution in [2.45, 2.75) is 6.54 Å². The molecule has 0 aliphatic rings. The predicted molar refractivity (Wildman–Crippen MR) is 71.6 cm³/mol. The van der Waals surface area contributed by atoms with Crippen LogP contribution < -0.4 is 10.1 Å². The van der Waals surface area contributed by atoms with Crippen LogP contribution >= 0.6 is 11.3 Å². The van der Waals surface area contributed by atoms with Crippen LogP contribution in [0.5, 0.6) is 5.75 Å². The molecule has 0 fully saturated rings. The van der Waals surface area contributed by atoms with E-state index < -0.39 is 11.8 Å². The molecule has 2 aromatic rings. The van der Waals surface area contributed by atoms with Crippen molar-refractivity contribution in [2.24, 2.45) is 0 Å². The fraction of sp³-hybridized carbons (Fsp3) is 0.154. The smallest absolute Gasteiger partial charge is 0.336 e. The molecule has 0 aliphatic heterocycles. The average Bonchev–Trinajstić information content (AvgIpc) is 2.85. The Morgan fingerprint density at radius 1 is 1.47 bits per heavy atom. The lowest BCUT2D eigenvalue weighted by molar-refractivity contribution is 0.0697. The lowest BCUT2D eigenvalue weighted by atomic mass is 10.2. The lowest BCUT2D eigenvalue weighted by Crippen LogP contribution is -1.99. The molecular formula is C13H12FNO3S. The van der Waals surface area contributed by atoms with Gasteiger partial charge in [-0.1, -0.05) is 0 Å². The molecule has 0 atom stereocenters. The first-order chi connectivity index (χ1) is 9.10. The number of carboxylic acids is 1. The van der Waals surface area contributed by atoms with Crippen molar-refractivity contribution in [1.29, 1.82) is 0 Å². The second kappa shape index (κ2) is 5.71. The van der Waals surface area contributed by atoms with Gasteiger partial charge in [-0.3, -0.25) is 0 Å². The Morgan fingerprint density at radius 3 is 2.84 bits per heavy atom. The molecule has 1 heterocycles. The van der Waals surface area contributed by atoms with Crippen LogP contribution in [-0.4, -0.2) is 18.2 Å². The van der Waals surface area contributed by atoms with E-state index in [-0.39, 0.29) is 11.3 Å². The van der Waals surface area contributed by atoms with Gasteiger partial charge in [-0.25, -0.2) is 9.18 Å². The molecule has 2 N–H and O–H groups in total. The van der Waals surface area contributed by atoms with Crippen LogP contribution in [0.4, 0.5) is 10.1 Å². The zero-order valence-corrected chi connectivity index (χ0v) is 11.0. The number of nitrogens with one attached hydrogen (secondary N) is 1. The molecule has 0 unspecified atom stereocenters. The van der Waals surface area contributed by atoms with Crippen molar-refractivity contribution < 1.29 is 19.0 Å². The minimum absolute atomic E-state index is 0.190. The number of aromatic carboxylic acids is 1. The first-order valence-electron chi connectivity index (χ1n) is 5.48. The number of rotatable bonds is 5. The summed E-state index contributed by atoms with van der Waals surface area (Å²) in [6, 6.07) is 6.17. The Kier molecular flexibility index (Phi) is 4.01. The number of carboxylic acid groups (broad SMARTS) is 1. The minimum Gasteiger partial charge on any atom is -0.494 e. The Labute approximate surface area is 113 Å². The molecule has 2 rings (SSSR count). The van der Waals surface area contributed by atoms with E-state index in [1.54, 1.807) is 17.5 Å². The van der Waals surface area contributed by atoms with Gasteiger partial charge in [0.25, 0.3) is 0 Å². The van der Waals surface area contributed by atoms with E-state index in [9.17, 15) is 9.18 Å². The summed E-state index contributed by atoms with van der Waals surface area (Å²) in [6.45, 7) is 0.448. The van der Waals surface area contributed by atoms with E-state index in [1.165, 1.54) is 30.6 Å². The Bertz CT molecular complexity index is 597. The van der Waals surface area contributed by atoms with Gasteiger partial charge in [0.2, 0.25) is 0 Å². The Hall–Kier alpha value is -2.08. The molecule has 0 aliphatic carbocycles. The molecule has 0 saturated carbocycles. The third kappa shape index (κ3) is 3.23. The molecule has 0 spiro atoms. The van der Waals surface area contributed by atoms with Crippen LogP contribution in [0.1, 0.15) is 15.2 Å². The fourth-order valence-corrected chi connectivity index (χ4v) is 2.35. The zero-order chi connectivity index (χ0) is 13.8. The Balaban J connectivity index is 2.01. The molecule has 1 aromatic heterocycles. The highest BCUT2D eigenvalue weighted by molar-refractivity contribution is 7.10. The number of halogens is 1. The van der Waals surface area contributed by atoms with Crippen LogP contribution in [0.15, 0.2) is 29.6 Å². The van der Waals surface area contributed by atoms with Gasteiger partial charge in [-0.15, -0.1) is 11.3 Å². The van der Waals surface area contributed by atoms with Crippen LogP contribution in [0.2, 0.25) is 0 Å². The van der Waals surface area contributed by atoms with E-state index >= 15 is 0 Å². The van der Waals surface area contributed by atoms with Gasteiger partial charge >= 0.3 is 5.97 Å². The van der Waals surface area contributed by atoms with Gasteiger partial charge in [-0.2, -0.15) is 0 Å². The number of anilines is 1. The summed E-state index contributed by atoms with van der Waals surface area (Å²) in [5, 5.41) is 13.4. The van der Waals surface area contributed by atoms with E-state index in [0.29, 0.717) is 12.2 Å². The molecule has 0 saturated heterocycles. The van der Waals surface area contributed by atoms with Crippen molar-refractivity contribution in [1.82, 2.24) is 0 Å². The number of hydrogen-bond donors (Lipinski definition) is 2. The first kappa shape index (κ1) is 13.4. The number of methoxy groups -OCH3 is 1. The van der Waals surface area contributed by atoms with Gasteiger partial charge in [-0.05, 0) is 18.2 Å². The number of hydrogen-bond acceptors (Lipinski definition) is 4. The van der Waals surface area contributed by atoms with Gasteiger partial charge in [0.05, 0.1) is 12.7 Å². The fourth-order valence-electron chi connectivity index (χ4n) is 1.55. The van der Waals surface area contributed by atoms with Crippen LogP contribution in [0.25, 0.3) is 0 Å². The number of ether oxygens (including phenoxy) is 1. The van der Waals surface area contributed by atoms with Gasteiger partial charge in [0.1, 0.15) is 0 Å². The van der Waals surface area contributed by atoms with Gasteiger partial charge in [0.15, 0.2) is 11.6 Å². The summed E-state index contributed by atoms with van der Waals surface area (Å²) < 4.78 is 18.3. The van der Waals surface area contributed by atoms with Gasteiger partial charge in [0, 0.05) is 28.6 Å². The quantitative estimate of drug-likeness (QED) is 0.883. The van der Waals surface area contributed by atoms with Crippen molar-refractivity contribution in [3.8, 4) is 5.75 Å². The zero-order valence-electron chi connectivity index (χ0n) is 10.1. The van der Waals surface area contributed by atoms with Crippen LogP contribution in [0.3, 0.4) is 0 Å². The van der Waals surface area contributed by atoms with Crippen LogP contribution in [0, 0.1) is 5.82 Å². The number of carbonyl (C=O) groups is 1. The van der Waals surface area contributed by atoms with E-state index in [4.69, 9.17) is 9.84 Å². The first-order valence-corrected chi connectivity index (χ1v) is 6.36. The number of benzene rings is 1. The van der Waals surface area contributed by atoms with Gasteiger partial charge < -0.3 is 15.2 Å². The minimum atomic E-state index is -0.946. The second-order valence-corrected chi connectivity index (χ2v) is 4.81. The summed E-state index contributed by atoms with van der Waals surface area (Å²) >= 11 is 1.35. The van der Waals surface area contributed by atoms with E-state index in [1.807, 2.05) is 0 Å². The van der Waals surface area contributed by atoms with Crippen molar-refractivity contribution in [2.75, 3.05) is 12.4 Å². The van der Waals surface area contributed by atoms with Crippen molar-refractivity contribution in [3.05, 3.63) is 45.9 Å². The maximum Gasteiger partial charge on any atom is 0.336 e. The maximum absolute atomic E-state index is 13.4. The monoisotopic (exact) mass is 281 g/mol. The highest BCUT2D eigenvalue weighted by Crippen LogP contribution is 2.22. The van der Waals surface area contributed by atoms with E-state index in [2.05, 4.69) is 5.32 Å². The lowest BCUT2D eigenvalue weighted by Gasteiger charge is -2.07. The standard InChI is InChI=1S/C13H12FNO3S/c1-18-12-3-2-9(5-11(12)14)15-6-10-4-8(7-19-10)13(16)17/h2-5,7,15H,6H2,1H3,(H,16,17). The maximum atomic E-state index is 13.4. The molecule has 0 radical (unpaired) electrons. The molecule has 0 amide bonds. The van der Waals surface area contributed by atoms with Crippen LogP contribution in [-0.2, 0) is 6.54 Å². The Morgan fingerprint density at radius 2 is 2.26 bits per heavy atom. The molecule has 19 heavy (non-hydrogen) atoms. The number of thiophene rings is 1. The largest absolute Gasteiger partial charge is 0.494 e. The summed E-state index contributed by atoms with van der Waals surface area (Å²) in [4.78, 5) is 11.6. The second-order valence-electron chi connectivity index (χ2n) is 3.81. The highest BCUT2D eigenvalue weighted by Gasteiger charge is 2.07. The third-order valence-corrected chi connectivity index (χ3v) is 3.46. The SMILES string of the molecule is COc1ccc(NCc2cc(C(=O)O)cs2)cc1F. The highest BCUT2D eigenvalue weighted by atomic mass is 32.1. The summed E-state index contributed by atoms with van der Waals surface area (Å²) in [7, 11) is 1.41. The third-order valence-electron chi connectivity index (χ3n) is 2.52. The molecule has 0 bridgehead atoms. The van der Waals surface area contributed by atoms with Crippen molar-refractivity contribution >= 4 is 23.0 Å². The topological polar surface area (TPSA) is 58.6 Å². The summed E-state index contributed by atoms with van der Waals surface area (Å²) in [5.74, 6) is -1.20. The molecule has 6 heteroatoms. The van der Waals surface area contributed by atoms with Crippen molar-refractivity contribution in [3.63, 3.8) is 0 Å². The normalized spacial score (nSPS) is 10.2. The summed E-state index contributed by atoms with van der Waals surface area (Å²) in [5.41, 5.74) is 0.881. The molecule has 4 nitrogen and oxygen atoms in total. The molecular weight excluding hydrogens is 269 g/mol. The summed E-state index contributed by atoms with van der Waals surface area (Å²) in [6.07, 6.45) is 0. The van der Waals surface area contributed by atoms with E-state index in [0.717, 1.165) is 4.88 Å². The molecule has 100 valence electrons. The average molecular weight is 281 g/mol. The predicted octanol–water partition coefficient (Wildman–Crippen LogP) is 3.21.